The summed E-state index contributed by atoms with van der Waals surface area (Å²) >= 11 is 0. The van der Waals surface area contributed by atoms with E-state index in [1.54, 1.807) is 0 Å². The van der Waals surface area contributed by atoms with Crippen molar-refractivity contribution in [2.24, 2.45) is 0 Å². The van der Waals surface area contributed by atoms with Gasteiger partial charge in [-0.3, -0.25) is 4.79 Å². The second kappa shape index (κ2) is 6.77. The van der Waals surface area contributed by atoms with Crippen LogP contribution in [0.1, 0.15) is 31.7 Å². The zero-order valence-electron chi connectivity index (χ0n) is 9.53. The highest BCUT2D eigenvalue weighted by atomic mass is 16.1. The van der Waals surface area contributed by atoms with Gasteiger partial charge in [0.2, 0.25) is 5.91 Å². The molecule has 0 saturated carbocycles. The van der Waals surface area contributed by atoms with Gasteiger partial charge < -0.3 is 10.1 Å². The predicted octanol–water partition coefficient (Wildman–Crippen LogP) is 2.56. The molecule has 1 amide bonds. The van der Waals surface area contributed by atoms with Gasteiger partial charge in [-0.15, -0.1) is 0 Å². The Balaban J connectivity index is 2.47. The van der Waals surface area contributed by atoms with Gasteiger partial charge in [0.15, 0.2) is 0 Å². The first-order valence-electron chi connectivity index (χ1n) is 5.58. The third kappa shape index (κ3) is 4.26. The van der Waals surface area contributed by atoms with Crippen LogP contribution >= 0.6 is 0 Å². The van der Waals surface area contributed by atoms with Gasteiger partial charge in [0.05, 0.1) is 0 Å². The maximum Gasteiger partial charge on any atom is 0.224 e. The first-order chi connectivity index (χ1) is 7.76. The van der Waals surface area contributed by atoms with Crippen LogP contribution in [0.5, 0.6) is 0 Å². The fraction of sp³-hybridized carbons (Fsp3) is 0.385. The van der Waals surface area contributed by atoms with Crippen molar-refractivity contribution in [3.63, 3.8) is 0 Å². The first kappa shape index (κ1) is 12.4. The number of benzene rings is 1. The number of hydrogen-bond acceptors (Lipinski definition) is 2. The topological polar surface area (TPSA) is 46.2 Å². The van der Waals surface area contributed by atoms with Gasteiger partial charge in [-0.05, 0) is 30.5 Å². The molecule has 0 atom stereocenters. The summed E-state index contributed by atoms with van der Waals surface area (Å²) in [6.45, 7) is 1.82. The quantitative estimate of drug-likeness (QED) is 0.590. The minimum Gasteiger partial charge on any atom is -0.326 e. The van der Waals surface area contributed by atoms with Crippen LogP contribution in [-0.4, -0.2) is 12.2 Å². The van der Waals surface area contributed by atoms with Gasteiger partial charge >= 0.3 is 0 Å². The summed E-state index contributed by atoms with van der Waals surface area (Å²) < 4.78 is 0. The van der Waals surface area contributed by atoms with Crippen molar-refractivity contribution in [1.82, 2.24) is 0 Å². The number of carbonyl (C=O) groups is 2. The van der Waals surface area contributed by atoms with Crippen molar-refractivity contribution in [2.45, 2.75) is 32.6 Å². The lowest BCUT2D eigenvalue weighted by atomic mass is 10.1. The molecule has 1 N–H and O–H groups in total. The summed E-state index contributed by atoms with van der Waals surface area (Å²) in [5.74, 6) is 0.0219. The average Bonchev–Trinajstić information content (AvgIpc) is 2.31. The molecule has 1 aromatic rings. The number of nitrogens with one attached hydrogen (secondary N) is 1. The summed E-state index contributed by atoms with van der Waals surface area (Å²) in [7, 11) is 0. The van der Waals surface area contributed by atoms with Gasteiger partial charge in [0, 0.05) is 18.5 Å². The van der Waals surface area contributed by atoms with Crippen molar-refractivity contribution in [3.05, 3.63) is 29.8 Å². The van der Waals surface area contributed by atoms with Crippen LogP contribution in [-0.2, 0) is 16.0 Å². The summed E-state index contributed by atoms with van der Waals surface area (Å²) in [5.41, 5.74) is 2.02. The summed E-state index contributed by atoms with van der Waals surface area (Å²) in [6, 6.07) is 7.75. The average molecular weight is 219 g/mol. The Bertz CT molecular complexity index is 343. The molecule has 1 aromatic carbocycles. The molecule has 0 radical (unpaired) electrons. The molecule has 0 saturated heterocycles. The molecule has 0 fully saturated rings. The molecule has 3 heteroatoms. The Morgan fingerprint density at radius 1 is 1.31 bits per heavy atom. The van der Waals surface area contributed by atoms with Gasteiger partial charge in [0.1, 0.15) is 6.29 Å². The Morgan fingerprint density at radius 2 is 2.00 bits per heavy atom. The number of unbranched alkanes of at least 4 members (excludes halogenated alkanes) is 1. The van der Waals surface area contributed by atoms with Crippen LogP contribution in [0.2, 0.25) is 0 Å². The van der Waals surface area contributed by atoms with E-state index in [0.717, 1.165) is 24.8 Å². The van der Waals surface area contributed by atoms with Crippen LogP contribution < -0.4 is 5.32 Å². The molecule has 1 rings (SSSR count). The predicted molar refractivity (Wildman–Crippen MR) is 64.4 cm³/mol. The number of carbonyl (C=O) groups excluding carboxylic acids is 2. The van der Waals surface area contributed by atoms with E-state index >= 15 is 0 Å². The zero-order chi connectivity index (χ0) is 11.8. The Hall–Kier alpha value is -1.64. The van der Waals surface area contributed by atoms with Gasteiger partial charge in [0.25, 0.3) is 0 Å². The summed E-state index contributed by atoms with van der Waals surface area (Å²) in [5, 5.41) is 2.79. The Morgan fingerprint density at radius 3 is 2.56 bits per heavy atom. The molecule has 0 aromatic heterocycles. The maximum absolute atomic E-state index is 11.1. The number of amides is 1. The zero-order valence-corrected chi connectivity index (χ0v) is 9.53. The summed E-state index contributed by atoms with van der Waals surface area (Å²) in [6.07, 6.45) is 3.82. The van der Waals surface area contributed by atoms with E-state index in [1.807, 2.05) is 31.2 Å². The van der Waals surface area contributed by atoms with E-state index in [0.29, 0.717) is 12.8 Å². The van der Waals surface area contributed by atoms with Crippen LogP contribution in [0.3, 0.4) is 0 Å². The molecule has 0 spiro atoms. The molecule has 0 aliphatic heterocycles. The standard InChI is InChI=1S/C13H17NO2/c1-2-13(16)14-12-8-6-11(7-9-12)5-3-4-10-15/h6-10H,2-5H2,1H3,(H,14,16). The lowest BCUT2D eigenvalue weighted by Gasteiger charge is -2.04. The van der Waals surface area contributed by atoms with E-state index in [4.69, 9.17) is 0 Å². The molecule has 16 heavy (non-hydrogen) atoms. The molecule has 0 aliphatic carbocycles. The fourth-order valence-corrected chi connectivity index (χ4v) is 1.39. The van der Waals surface area contributed by atoms with Crippen molar-refractivity contribution in [2.75, 3.05) is 5.32 Å². The smallest absolute Gasteiger partial charge is 0.224 e. The first-order valence-corrected chi connectivity index (χ1v) is 5.58. The Labute approximate surface area is 95.9 Å². The monoisotopic (exact) mass is 219 g/mol. The molecule has 3 nitrogen and oxygen atoms in total. The largest absolute Gasteiger partial charge is 0.326 e. The molecule has 0 aliphatic rings. The molecular weight excluding hydrogens is 202 g/mol. The van der Waals surface area contributed by atoms with Crippen LogP contribution in [0.25, 0.3) is 0 Å². The van der Waals surface area contributed by atoms with E-state index in [2.05, 4.69) is 5.32 Å². The van der Waals surface area contributed by atoms with Gasteiger partial charge in [-0.1, -0.05) is 19.1 Å². The van der Waals surface area contributed by atoms with Crippen molar-refractivity contribution in [1.29, 1.82) is 0 Å². The van der Waals surface area contributed by atoms with E-state index < -0.39 is 0 Å². The van der Waals surface area contributed by atoms with Crippen LogP contribution in [0.15, 0.2) is 24.3 Å². The van der Waals surface area contributed by atoms with Gasteiger partial charge in [-0.2, -0.15) is 0 Å². The normalized spacial score (nSPS) is 9.81. The third-order valence-corrected chi connectivity index (χ3v) is 2.35. The minimum absolute atomic E-state index is 0.0219. The number of aldehydes is 1. The van der Waals surface area contributed by atoms with Gasteiger partial charge in [-0.25, -0.2) is 0 Å². The Kier molecular flexibility index (Phi) is 5.26. The highest BCUT2D eigenvalue weighted by Crippen LogP contribution is 2.11. The summed E-state index contributed by atoms with van der Waals surface area (Å²) in [4.78, 5) is 21.3. The number of hydrogen-bond donors (Lipinski definition) is 1. The van der Waals surface area contributed by atoms with Crippen LogP contribution in [0, 0.1) is 0 Å². The molecule has 0 heterocycles. The molecule has 0 bridgehead atoms. The van der Waals surface area contributed by atoms with E-state index in [-0.39, 0.29) is 5.91 Å². The minimum atomic E-state index is 0.0219. The maximum atomic E-state index is 11.1. The molecular formula is C13H17NO2. The van der Waals surface area contributed by atoms with Crippen molar-refractivity contribution >= 4 is 17.9 Å². The molecule has 0 unspecified atom stereocenters. The molecule has 86 valence electrons. The SMILES string of the molecule is CCC(=O)Nc1ccc(CCCC=O)cc1. The number of rotatable bonds is 6. The number of aryl methyl sites for hydroxylation is 1. The number of anilines is 1. The third-order valence-electron chi connectivity index (χ3n) is 2.35. The fourth-order valence-electron chi connectivity index (χ4n) is 1.39. The van der Waals surface area contributed by atoms with Crippen LogP contribution in [0.4, 0.5) is 5.69 Å². The lowest BCUT2D eigenvalue weighted by molar-refractivity contribution is -0.116. The second-order valence-electron chi connectivity index (χ2n) is 3.66. The highest BCUT2D eigenvalue weighted by Gasteiger charge is 1.98. The lowest BCUT2D eigenvalue weighted by Crippen LogP contribution is -2.09. The highest BCUT2D eigenvalue weighted by molar-refractivity contribution is 5.90. The van der Waals surface area contributed by atoms with E-state index in [9.17, 15) is 9.59 Å². The second-order valence-corrected chi connectivity index (χ2v) is 3.66. The van der Waals surface area contributed by atoms with Crippen molar-refractivity contribution < 1.29 is 9.59 Å². The van der Waals surface area contributed by atoms with Crippen molar-refractivity contribution in [3.8, 4) is 0 Å². The van der Waals surface area contributed by atoms with E-state index in [1.165, 1.54) is 5.56 Å².